The Kier molecular flexibility index (Phi) is 3.34. The van der Waals surface area contributed by atoms with Gasteiger partial charge in [-0.1, -0.05) is 12.1 Å². The Balaban J connectivity index is 2.62. The first kappa shape index (κ1) is 10.4. The molecule has 0 saturated carbocycles. The van der Waals surface area contributed by atoms with E-state index >= 15 is 0 Å². The fourth-order valence-electron chi connectivity index (χ4n) is 1.11. The smallest absolute Gasteiger partial charge is 0.306 e. The summed E-state index contributed by atoms with van der Waals surface area (Å²) < 4.78 is 5.27. The highest BCUT2D eigenvalue weighted by atomic mass is 16.5. The number of aryl methyl sites for hydroxylation is 1. The number of rotatable bonds is 4. The molecule has 14 heavy (non-hydrogen) atoms. The van der Waals surface area contributed by atoms with Gasteiger partial charge in [0, 0.05) is 0 Å². The molecule has 0 spiro atoms. The van der Waals surface area contributed by atoms with Crippen LogP contribution in [0.3, 0.4) is 0 Å². The molecule has 0 radical (unpaired) electrons. The normalized spacial score (nSPS) is 9.79. The van der Waals surface area contributed by atoms with Crippen molar-refractivity contribution >= 4 is 11.7 Å². The molecule has 0 aromatic heterocycles. The van der Waals surface area contributed by atoms with E-state index in [1.54, 1.807) is 6.07 Å². The molecule has 0 fully saturated rings. The number of para-hydroxylation sites is 1. The second-order valence-corrected chi connectivity index (χ2v) is 2.99. The number of aliphatic carboxylic acids is 1. The van der Waals surface area contributed by atoms with E-state index in [1.807, 2.05) is 19.1 Å². The van der Waals surface area contributed by atoms with Gasteiger partial charge in [0.05, 0.1) is 18.7 Å². The van der Waals surface area contributed by atoms with Crippen molar-refractivity contribution < 1.29 is 14.6 Å². The topological polar surface area (TPSA) is 72.5 Å². The summed E-state index contributed by atoms with van der Waals surface area (Å²) in [6.45, 7) is 2.01. The maximum atomic E-state index is 10.2. The number of hydrogen-bond acceptors (Lipinski definition) is 3. The van der Waals surface area contributed by atoms with Gasteiger partial charge in [0.1, 0.15) is 5.75 Å². The van der Waals surface area contributed by atoms with Crippen LogP contribution in [0.2, 0.25) is 0 Å². The Labute approximate surface area is 82.3 Å². The third-order valence-electron chi connectivity index (χ3n) is 1.80. The lowest BCUT2D eigenvalue weighted by molar-refractivity contribution is -0.137. The number of ether oxygens (including phenoxy) is 1. The number of carboxylic acid groups (broad SMARTS) is 1. The second-order valence-electron chi connectivity index (χ2n) is 2.99. The number of carbonyl (C=O) groups is 1. The van der Waals surface area contributed by atoms with Crippen LogP contribution in [0.15, 0.2) is 18.2 Å². The van der Waals surface area contributed by atoms with Crippen LogP contribution in [0.5, 0.6) is 5.75 Å². The van der Waals surface area contributed by atoms with E-state index in [4.69, 9.17) is 15.6 Å². The molecule has 0 saturated heterocycles. The Hall–Kier alpha value is -1.71. The van der Waals surface area contributed by atoms with Gasteiger partial charge in [-0.15, -0.1) is 0 Å². The third kappa shape index (κ3) is 2.65. The van der Waals surface area contributed by atoms with E-state index in [9.17, 15) is 4.79 Å². The van der Waals surface area contributed by atoms with Crippen molar-refractivity contribution in [3.05, 3.63) is 23.8 Å². The molecule has 0 amide bonds. The predicted molar refractivity (Wildman–Crippen MR) is 53.3 cm³/mol. The minimum Gasteiger partial charge on any atom is -0.491 e. The van der Waals surface area contributed by atoms with Gasteiger partial charge in [-0.3, -0.25) is 4.79 Å². The van der Waals surface area contributed by atoms with Gasteiger partial charge in [0.25, 0.3) is 0 Å². The Morgan fingerprint density at radius 2 is 2.29 bits per heavy atom. The number of nitrogen functional groups attached to an aromatic ring is 1. The molecule has 0 bridgehead atoms. The number of nitrogens with two attached hydrogens (primary N) is 1. The summed E-state index contributed by atoms with van der Waals surface area (Å²) in [5, 5.41) is 8.42. The molecule has 0 aliphatic rings. The molecule has 0 aliphatic carbocycles. The maximum absolute atomic E-state index is 10.2. The summed E-state index contributed by atoms with van der Waals surface area (Å²) in [5.74, 6) is -0.300. The van der Waals surface area contributed by atoms with Crippen LogP contribution < -0.4 is 10.5 Å². The van der Waals surface area contributed by atoms with Crippen LogP contribution in [0, 0.1) is 6.92 Å². The second kappa shape index (κ2) is 4.50. The van der Waals surface area contributed by atoms with E-state index < -0.39 is 5.97 Å². The molecule has 0 unspecified atom stereocenters. The SMILES string of the molecule is Cc1cccc(N)c1OCCC(=O)O. The lowest BCUT2D eigenvalue weighted by Crippen LogP contribution is -2.06. The van der Waals surface area contributed by atoms with E-state index in [0.717, 1.165) is 5.56 Å². The molecule has 4 heteroatoms. The van der Waals surface area contributed by atoms with Crippen LogP contribution >= 0.6 is 0 Å². The molecule has 0 atom stereocenters. The number of hydrogen-bond donors (Lipinski definition) is 2. The first-order chi connectivity index (χ1) is 6.61. The Bertz CT molecular complexity index is 316. The average Bonchev–Trinajstić information content (AvgIpc) is 2.09. The number of benzene rings is 1. The molecule has 3 N–H and O–H groups in total. The van der Waals surface area contributed by atoms with Crippen LogP contribution in [0.4, 0.5) is 5.69 Å². The highest BCUT2D eigenvalue weighted by molar-refractivity contribution is 5.67. The molecule has 0 heterocycles. The molecule has 0 aliphatic heterocycles. The fraction of sp³-hybridized carbons (Fsp3) is 0.300. The van der Waals surface area contributed by atoms with E-state index in [1.165, 1.54) is 0 Å². The highest BCUT2D eigenvalue weighted by Crippen LogP contribution is 2.25. The van der Waals surface area contributed by atoms with Crippen molar-refractivity contribution in [2.75, 3.05) is 12.3 Å². The lowest BCUT2D eigenvalue weighted by atomic mass is 10.2. The summed E-state index contributed by atoms with van der Waals surface area (Å²) in [6, 6.07) is 5.42. The van der Waals surface area contributed by atoms with Gasteiger partial charge >= 0.3 is 5.97 Å². The lowest BCUT2D eigenvalue weighted by Gasteiger charge is -2.10. The summed E-state index contributed by atoms with van der Waals surface area (Å²) in [7, 11) is 0. The van der Waals surface area contributed by atoms with Gasteiger partial charge in [0.2, 0.25) is 0 Å². The maximum Gasteiger partial charge on any atom is 0.306 e. The minimum absolute atomic E-state index is 0.0201. The fourth-order valence-corrected chi connectivity index (χ4v) is 1.11. The van der Waals surface area contributed by atoms with Crippen molar-refractivity contribution in [3.63, 3.8) is 0 Å². The van der Waals surface area contributed by atoms with Gasteiger partial charge in [-0.05, 0) is 18.6 Å². The van der Waals surface area contributed by atoms with Gasteiger partial charge in [0.15, 0.2) is 0 Å². The molecule has 76 valence electrons. The monoisotopic (exact) mass is 195 g/mol. The average molecular weight is 195 g/mol. The van der Waals surface area contributed by atoms with E-state index in [0.29, 0.717) is 11.4 Å². The van der Waals surface area contributed by atoms with Gasteiger partial charge < -0.3 is 15.6 Å². The minimum atomic E-state index is -0.878. The summed E-state index contributed by atoms with van der Waals surface area (Å²) in [4.78, 5) is 10.2. The van der Waals surface area contributed by atoms with Crippen molar-refractivity contribution in [2.45, 2.75) is 13.3 Å². The molecular weight excluding hydrogens is 182 g/mol. The summed E-state index contributed by atoms with van der Waals surface area (Å²) in [6.07, 6.45) is -0.0201. The molecule has 1 rings (SSSR count). The molecule has 1 aromatic carbocycles. The zero-order valence-electron chi connectivity index (χ0n) is 7.99. The third-order valence-corrected chi connectivity index (χ3v) is 1.80. The van der Waals surface area contributed by atoms with Gasteiger partial charge in [-0.2, -0.15) is 0 Å². The zero-order valence-corrected chi connectivity index (χ0v) is 7.99. The Morgan fingerprint density at radius 3 is 2.86 bits per heavy atom. The van der Waals surface area contributed by atoms with E-state index in [2.05, 4.69) is 0 Å². The standard InChI is InChI=1S/C10H13NO3/c1-7-3-2-4-8(11)10(7)14-6-5-9(12)13/h2-4H,5-6,11H2,1H3,(H,12,13). The zero-order chi connectivity index (χ0) is 10.6. The van der Waals surface area contributed by atoms with Crippen molar-refractivity contribution in [1.29, 1.82) is 0 Å². The van der Waals surface area contributed by atoms with Crippen LogP contribution in [-0.2, 0) is 4.79 Å². The highest BCUT2D eigenvalue weighted by Gasteiger charge is 2.04. The number of anilines is 1. The van der Waals surface area contributed by atoms with Crippen molar-refractivity contribution in [1.82, 2.24) is 0 Å². The Morgan fingerprint density at radius 1 is 1.57 bits per heavy atom. The van der Waals surface area contributed by atoms with Crippen molar-refractivity contribution in [3.8, 4) is 5.75 Å². The van der Waals surface area contributed by atoms with Crippen LogP contribution in [0.25, 0.3) is 0 Å². The first-order valence-corrected chi connectivity index (χ1v) is 4.31. The van der Waals surface area contributed by atoms with E-state index in [-0.39, 0.29) is 13.0 Å². The molecule has 1 aromatic rings. The van der Waals surface area contributed by atoms with Crippen molar-refractivity contribution in [2.24, 2.45) is 0 Å². The predicted octanol–water partition coefficient (Wildman–Crippen LogP) is 1.43. The van der Waals surface area contributed by atoms with Crippen LogP contribution in [-0.4, -0.2) is 17.7 Å². The molecule has 4 nitrogen and oxygen atoms in total. The quantitative estimate of drug-likeness (QED) is 0.713. The first-order valence-electron chi connectivity index (χ1n) is 4.31. The number of carboxylic acids is 1. The summed E-state index contributed by atoms with van der Waals surface area (Å²) >= 11 is 0. The largest absolute Gasteiger partial charge is 0.491 e. The van der Waals surface area contributed by atoms with Gasteiger partial charge in [-0.25, -0.2) is 0 Å². The summed E-state index contributed by atoms with van der Waals surface area (Å²) in [5.41, 5.74) is 7.12. The molecular formula is C10H13NO3. The van der Waals surface area contributed by atoms with Crippen LogP contribution in [0.1, 0.15) is 12.0 Å².